The van der Waals surface area contributed by atoms with Crippen molar-refractivity contribution in [3.8, 4) is 0 Å². The molecule has 0 aliphatic carbocycles. The minimum Gasteiger partial charge on any atom is -0.391 e. The molecule has 0 saturated heterocycles. The van der Waals surface area contributed by atoms with Crippen molar-refractivity contribution in [2.45, 2.75) is 76.8 Å². The number of unbranched alkanes of at least 4 members (excludes halogenated alkanes) is 2. The van der Waals surface area contributed by atoms with Crippen LogP contribution in [0.3, 0.4) is 0 Å². The summed E-state index contributed by atoms with van der Waals surface area (Å²) in [6.45, 7) is 4.49. The Morgan fingerprint density at radius 3 is 1.37 bits per heavy atom. The molecule has 0 amide bonds. The molecule has 5 heteroatoms. The normalized spacial score (nSPS) is 18.0. The van der Waals surface area contributed by atoms with E-state index < -0.39 is 24.4 Å². The van der Waals surface area contributed by atoms with Crippen molar-refractivity contribution < 1.29 is 25.2 Å². The molecule has 0 aromatic rings. The standard InChI is InChI=1S/C14H30O5/c1-11(15)13(17)7-3-5-9-19-10-6-4-8-14(18)12(2)16/h11-18H,3-10H2,1-2H3. The second kappa shape index (κ2) is 11.6. The first-order valence-corrected chi connectivity index (χ1v) is 7.25. The van der Waals surface area contributed by atoms with Gasteiger partial charge in [-0.2, -0.15) is 0 Å². The summed E-state index contributed by atoms with van der Waals surface area (Å²) in [5.41, 5.74) is 0. The maximum Gasteiger partial charge on any atom is 0.0796 e. The highest BCUT2D eigenvalue weighted by molar-refractivity contribution is 4.62. The van der Waals surface area contributed by atoms with Crippen molar-refractivity contribution in [3.05, 3.63) is 0 Å². The van der Waals surface area contributed by atoms with Gasteiger partial charge in [0.2, 0.25) is 0 Å². The molecule has 0 heterocycles. The Labute approximate surface area is 116 Å². The lowest BCUT2D eigenvalue weighted by molar-refractivity contribution is 0.0209. The molecule has 4 unspecified atom stereocenters. The molecular weight excluding hydrogens is 248 g/mol. The van der Waals surface area contributed by atoms with E-state index in [0.717, 1.165) is 25.7 Å². The third-order valence-electron chi connectivity index (χ3n) is 3.19. The van der Waals surface area contributed by atoms with Gasteiger partial charge in [0.25, 0.3) is 0 Å². The zero-order valence-corrected chi connectivity index (χ0v) is 12.2. The third kappa shape index (κ3) is 11.3. The van der Waals surface area contributed by atoms with Crippen LogP contribution in [0.5, 0.6) is 0 Å². The number of aliphatic hydroxyl groups is 4. The average molecular weight is 278 g/mol. The summed E-state index contributed by atoms with van der Waals surface area (Å²) >= 11 is 0. The van der Waals surface area contributed by atoms with E-state index in [-0.39, 0.29) is 0 Å². The van der Waals surface area contributed by atoms with Crippen molar-refractivity contribution in [3.63, 3.8) is 0 Å². The summed E-state index contributed by atoms with van der Waals surface area (Å²) in [6.07, 6.45) is 2.02. The van der Waals surface area contributed by atoms with Gasteiger partial charge in [-0.3, -0.25) is 0 Å². The van der Waals surface area contributed by atoms with E-state index in [0.29, 0.717) is 26.1 Å². The summed E-state index contributed by atoms with van der Waals surface area (Å²) in [5, 5.41) is 36.9. The molecule has 19 heavy (non-hydrogen) atoms. The first-order chi connectivity index (χ1) is 8.95. The zero-order chi connectivity index (χ0) is 14.7. The highest BCUT2D eigenvalue weighted by Crippen LogP contribution is 2.07. The van der Waals surface area contributed by atoms with E-state index >= 15 is 0 Å². The fourth-order valence-corrected chi connectivity index (χ4v) is 1.70. The highest BCUT2D eigenvalue weighted by Gasteiger charge is 2.10. The van der Waals surface area contributed by atoms with Crippen molar-refractivity contribution >= 4 is 0 Å². The van der Waals surface area contributed by atoms with E-state index in [2.05, 4.69) is 0 Å². The molecule has 0 bridgehead atoms. The summed E-state index contributed by atoms with van der Waals surface area (Å²) in [5.74, 6) is 0. The molecule has 0 fully saturated rings. The predicted molar refractivity (Wildman–Crippen MR) is 73.9 cm³/mol. The van der Waals surface area contributed by atoms with Crippen LogP contribution in [-0.4, -0.2) is 58.1 Å². The van der Waals surface area contributed by atoms with E-state index in [1.165, 1.54) is 0 Å². The van der Waals surface area contributed by atoms with Crippen LogP contribution in [0, 0.1) is 0 Å². The maximum absolute atomic E-state index is 9.36. The summed E-state index contributed by atoms with van der Waals surface area (Å²) in [6, 6.07) is 0. The molecule has 4 atom stereocenters. The molecular formula is C14H30O5. The SMILES string of the molecule is CC(O)C(O)CCCCOCCCCC(O)C(C)O. The van der Waals surface area contributed by atoms with Gasteiger partial charge < -0.3 is 25.2 Å². The predicted octanol–water partition coefficient (Wildman–Crippen LogP) is 0.827. The monoisotopic (exact) mass is 278 g/mol. The number of rotatable bonds is 12. The Morgan fingerprint density at radius 2 is 1.05 bits per heavy atom. The molecule has 5 nitrogen and oxygen atoms in total. The van der Waals surface area contributed by atoms with Crippen LogP contribution in [0.25, 0.3) is 0 Å². The van der Waals surface area contributed by atoms with E-state index in [1.807, 2.05) is 0 Å². The van der Waals surface area contributed by atoms with E-state index in [4.69, 9.17) is 14.9 Å². The van der Waals surface area contributed by atoms with Gasteiger partial charge in [0.15, 0.2) is 0 Å². The maximum atomic E-state index is 9.36. The van der Waals surface area contributed by atoms with Crippen LogP contribution in [0.1, 0.15) is 52.4 Å². The van der Waals surface area contributed by atoms with Crippen LogP contribution in [0.15, 0.2) is 0 Å². The molecule has 0 aliphatic heterocycles. The molecule has 0 rings (SSSR count). The fraction of sp³-hybridized carbons (Fsp3) is 1.00. The minimum atomic E-state index is -0.665. The topological polar surface area (TPSA) is 90.2 Å². The molecule has 0 radical (unpaired) electrons. The van der Waals surface area contributed by atoms with Gasteiger partial charge in [0.1, 0.15) is 0 Å². The molecule has 116 valence electrons. The number of aliphatic hydroxyl groups excluding tert-OH is 4. The molecule has 0 spiro atoms. The summed E-state index contributed by atoms with van der Waals surface area (Å²) in [7, 11) is 0. The van der Waals surface area contributed by atoms with Crippen molar-refractivity contribution in [2.24, 2.45) is 0 Å². The smallest absolute Gasteiger partial charge is 0.0796 e. The van der Waals surface area contributed by atoms with Gasteiger partial charge in [0.05, 0.1) is 24.4 Å². The number of hydrogen-bond acceptors (Lipinski definition) is 5. The van der Waals surface area contributed by atoms with Crippen LogP contribution < -0.4 is 0 Å². The third-order valence-corrected chi connectivity index (χ3v) is 3.19. The first-order valence-electron chi connectivity index (χ1n) is 7.25. The average Bonchev–Trinajstić information content (AvgIpc) is 2.35. The lowest BCUT2D eigenvalue weighted by Crippen LogP contribution is -2.22. The number of hydrogen-bond donors (Lipinski definition) is 4. The van der Waals surface area contributed by atoms with E-state index in [9.17, 15) is 10.2 Å². The molecule has 0 aliphatic rings. The van der Waals surface area contributed by atoms with E-state index in [1.54, 1.807) is 13.8 Å². The molecule has 0 aromatic heterocycles. The Hall–Kier alpha value is -0.200. The van der Waals surface area contributed by atoms with Gasteiger partial charge in [-0.25, -0.2) is 0 Å². The quantitative estimate of drug-likeness (QED) is 0.397. The van der Waals surface area contributed by atoms with Crippen molar-refractivity contribution in [2.75, 3.05) is 13.2 Å². The summed E-state index contributed by atoms with van der Waals surface area (Å²) < 4.78 is 5.43. The lowest BCUT2D eigenvalue weighted by Gasteiger charge is -2.13. The van der Waals surface area contributed by atoms with Crippen LogP contribution >= 0.6 is 0 Å². The van der Waals surface area contributed by atoms with Gasteiger partial charge in [-0.05, 0) is 52.4 Å². The largest absolute Gasteiger partial charge is 0.391 e. The van der Waals surface area contributed by atoms with Gasteiger partial charge in [-0.1, -0.05) is 0 Å². The first kappa shape index (κ1) is 18.8. The van der Waals surface area contributed by atoms with Crippen molar-refractivity contribution in [1.82, 2.24) is 0 Å². The summed E-state index contributed by atoms with van der Waals surface area (Å²) in [4.78, 5) is 0. The molecule has 4 N–H and O–H groups in total. The zero-order valence-electron chi connectivity index (χ0n) is 12.2. The highest BCUT2D eigenvalue weighted by atomic mass is 16.5. The second-order valence-corrected chi connectivity index (χ2v) is 5.22. The Kier molecular flexibility index (Phi) is 11.5. The second-order valence-electron chi connectivity index (χ2n) is 5.22. The van der Waals surface area contributed by atoms with Crippen LogP contribution in [0.2, 0.25) is 0 Å². The Bertz CT molecular complexity index is 176. The molecule has 0 saturated carbocycles. The van der Waals surface area contributed by atoms with Crippen molar-refractivity contribution in [1.29, 1.82) is 0 Å². The van der Waals surface area contributed by atoms with Crippen LogP contribution in [-0.2, 0) is 4.74 Å². The van der Waals surface area contributed by atoms with Gasteiger partial charge in [0, 0.05) is 13.2 Å². The fourth-order valence-electron chi connectivity index (χ4n) is 1.70. The minimum absolute atomic E-state index is 0.599. The Morgan fingerprint density at radius 1 is 0.684 bits per heavy atom. The lowest BCUT2D eigenvalue weighted by atomic mass is 10.1. The van der Waals surface area contributed by atoms with Gasteiger partial charge >= 0.3 is 0 Å². The van der Waals surface area contributed by atoms with Gasteiger partial charge in [-0.15, -0.1) is 0 Å². The van der Waals surface area contributed by atoms with Crippen LogP contribution in [0.4, 0.5) is 0 Å². The number of ether oxygens (including phenoxy) is 1. The molecule has 0 aromatic carbocycles. The Balaban J connectivity index is 3.19.